The first-order chi connectivity index (χ1) is 6.89. The lowest BCUT2D eigenvalue weighted by Gasteiger charge is -2.17. The van der Waals surface area contributed by atoms with Crippen molar-refractivity contribution in [2.45, 2.75) is 17.2 Å². The van der Waals surface area contributed by atoms with Crippen molar-refractivity contribution in [1.29, 1.82) is 0 Å². The van der Waals surface area contributed by atoms with E-state index in [2.05, 4.69) is 6.92 Å². The Labute approximate surface area is 92.5 Å². The maximum absolute atomic E-state index is 11.1. The molecule has 0 bridgehead atoms. The first-order valence-electron chi connectivity index (χ1n) is 4.49. The van der Waals surface area contributed by atoms with Gasteiger partial charge in [0.15, 0.2) is 0 Å². The van der Waals surface area contributed by atoms with Gasteiger partial charge in [-0.15, -0.1) is 0 Å². The normalized spacial score (nSPS) is 20.5. The molecule has 1 atom stereocenters. The number of nitrogens with zero attached hydrogens (tertiary/aromatic N) is 1. The third-order valence-corrected chi connectivity index (χ3v) is 4.71. The molecule has 0 fully saturated rings. The summed E-state index contributed by atoms with van der Waals surface area (Å²) in [7, 11) is -2.21. The summed E-state index contributed by atoms with van der Waals surface area (Å²) in [6, 6.07) is 4.85. The summed E-state index contributed by atoms with van der Waals surface area (Å²) < 4.78 is 11.1. The Balaban J connectivity index is 2.49. The lowest BCUT2D eigenvalue weighted by molar-refractivity contribution is 0.387. The zero-order chi connectivity index (χ0) is 11.2. The van der Waals surface area contributed by atoms with Crippen LogP contribution in [-0.2, 0) is 4.57 Å². The Morgan fingerprint density at radius 1 is 1.47 bits per heavy atom. The molecular formula is C9H12NO3PS. The van der Waals surface area contributed by atoms with Crippen LogP contribution in [-0.4, -0.2) is 22.2 Å². The summed E-state index contributed by atoms with van der Waals surface area (Å²) in [5.41, 5.74) is 0.897. The van der Waals surface area contributed by atoms with Gasteiger partial charge in [-0.25, -0.2) is 0 Å². The fourth-order valence-corrected chi connectivity index (χ4v) is 3.19. The molecule has 4 nitrogen and oxygen atoms in total. The zero-order valence-corrected chi connectivity index (χ0v) is 10.1. The van der Waals surface area contributed by atoms with Crippen LogP contribution in [0.25, 0.3) is 0 Å². The second-order valence-electron chi connectivity index (χ2n) is 3.52. The molecule has 82 valence electrons. The largest absolute Gasteiger partial charge is 0.362 e. The van der Waals surface area contributed by atoms with E-state index in [1.54, 1.807) is 23.9 Å². The smallest absolute Gasteiger partial charge is 0.356 e. The van der Waals surface area contributed by atoms with Gasteiger partial charge in [0.25, 0.3) is 0 Å². The summed E-state index contributed by atoms with van der Waals surface area (Å²) in [4.78, 5) is 21.2. The second-order valence-corrected chi connectivity index (χ2v) is 6.49. The second kappa shape index (κ2) is 3.52. The third-order valence-electron chi connectivity index (χ3n) is 2.50. The highest BCUT2D eigenvalue weighted by Crippen LogP contribution is 2.44. The van der Waals surface area contributed by atoms with E-state index < -0.39 is 7.60 Å². The molecular weight excluding hydrogens is 233 g/mol. The first kappa shape index (κ1) is 11.0. The van der Waals surface area contributed by atoms with Crippen molar-refractivity contribution < 1.29 is 14.4 Å². The molecule has 0 radical (unpaired) electrons. The molecule has 2 rings (SSSR count). The Morgan fingerprint density at radius 3 is 2.73 bits per heavy atom. The average Bonchev–Trinajstić information content (AvgIpc) is 2.41. The molecule has 0 spiro atoms. The molecule has 0 amide bonds. The molecule has 0 saturated heterocycles. The number of fused-ring (bicyclic) bond motifs is 1. The molecule has 1 heterocycles. The van der Waals surface area contributed by atoms with Crippen LogP contribution in [0, 0.1) is 0 Å². The van der Waals surface area contributed by atoms with E-state index in [4.69, 9.17) is 9.79 Å². The van der Waals surface area contributed by atoms with Gasteiger partial charge in [0.2, 0.25) is 0 Å². The van der Waals surface area contributed by atoms with Gasteiger partial charge in [0.1, 0.15) is 0 Å². The van der Waals surface area contributed by atoms with Gasteiger partial charge in [-0.2, -0.15) is 0 Å². The van der Waals surface area contributed by atoms with Crippen LogP contribution in [0.5, 0.6) is 0 Å². The predicted octanol–water partition coefficient (Wildman–Crippen LogP) is 1.38. The van der Waals surface area contributed by atoms with Crippen molar-refractivity contribution in [2.75, 3.05) is 11.9 Å². The molecule has 1 unspecified atom stereocenters. The summed E-state index contributed by atoms with van der Waals surface area (Å²) >= 11 is 1.69. The number of anilines is 1. The highest BCUT2D eigenvalue weighted by molar-refractivity contribution is 8.00. The Bertz CT molecular complexity index is 445. The van der Waals surface area contributed by atoms with Gasteiger partial charge >= 0.3 is 7.60 Å². The summed E-state index contributed by atoms with van der Waals surface area (Å²) in [5.74, 6) is 0. The summed E-state index contributed by atoms with van der Waals surface area (Å²) in [6.07, 6.45) is 0. The molecule has 6 heteroatoms. The number of benzene rings is 1. The molecule has 2 N–H and O–H groups in total. The number of hydrogen-bond donors (Lipinski definition) is 2. The van der Waals surface area contributed by atoms with Crippen molar-refractivity contribution in [1.82, 2.24) is 0 Å². The summed E-state index contributed by atoms with van der Waals surface area (Å²) in [5, 5.41) is 0.398. The molecule has 1 aliphatic rings. The minimum Gasteiger partial charge on any atom is -0.362 e. The fourth-order valence-electron chi connectivity index (χ4n) is 1.52. The number of hydrogen-bond acceptors (Lipinski definition) is 3. The monoisotopic (exact) mass is 245 g/mol. The predicted molar refractivity (Wildman–Crippen MR) is 61.8 cm³/mol. The Hall–Kier alpha value is -0.480. The van der Waals surface area contributed by atoms with Crippen LogP contribution in [0.2, 0.25) is 0 Å². The first-order valence-corrected chi connectivity index (χ1v) is 6.98. The summed E-state index contributed by atoms with van der Waals surface area (Å²) in [6.45, 7) is 2.06. The van der Waals surface area contributed by atoms with E-state index in [0.717, 1.165) is 10.6 Å². The third kappa shape index (κ3) is 1.93. The van der Waals surface area contributed by atoms with E-state index in [1.165, 1.54) is 6.07 Å². The van der Waals surface area contributed by atoms with Crippen LogP contribution in [0.3, 0.4) is 0 Å². The lowest BCUT2D eigenvalue weighted by atomic mass is 10.3. The van der Waals surface area contributed by atoms with Crippen LogP contribution < -0.4 is 10.2 Å². The maximum atomic E-state index is 11.1. The molecule has 15 heavy (non-hydrogen) atoms. The topological polar surface area (TPSA) is 60.8 Å². The van der Waals surface area contributed by atoms with E-state index in [1.807, 2.05) is 11.9 Å². The molecule has 1 aliphatic heterocycles. The van der Waals surface area contributed by atoms with Gasteiger partial charge in [0.05, 0.1) is 16.4 Å². The minimum atomic E-state index is -4.13. The van der Waals surface area contributed by atoms with Crippen LogP contribution in [0.1, 0.15) is 6.92 Å². The van der Waals surface area contributed by atoms with Crippen molar-refractivity contribution in [3.05, 3.63) is 18.2 Å². The number of rotatable bonds is 1. The molecule has 0 aromatic heterocycles. The highest BCUT2D eigenvalue weighted by Gasteiger charge is 2.26. The van der Waals surface area contributed by atoms with Crippen molar-refractivity contribution in [3.63, 3.8) is 0 Å². The van der Waals surface area contributed by atoms with E-state index in [0.29, 0.717) is 5.37 Å². The highest BCUT2D eigenvalue weighted by atomic mass is 32.2. The van der Waals surface area contributed by atoms with E-state index in [-0.39, 0.29) is 5.30 Å². The molecule has 0 saturated carbocycles. The maximum Gasteiger partial charge on any atom is 0.356 e. The molecule has 1 aromatic carbocycles. The quantitative estimate of drug-likeness (QED) is 0.732. The van der Waals surface area contributed by atoms with E-state index in [9.17, 15) is 4.57 Å². The Kier molecular flexibility index (Phi) is 2.59. The Morgan fingerprint density at radius 2 is 2.13 bits per heavy atom. The van der Waals surface area contributed by atoms with Crippen molar-refractivity contribution in [3.8, 4) is 0 Å². The van der Waals surface area contributed by atoms with Crippen molar-refractivity contribution >= 4 is 30.3 Å². The molecule has 1 aromatic rings. The average molecular weight is 245 g/mol. The van der Waals surface area contributed by atoms with Crippen LogP contribution in [0.15, 0.2) is 23.1 Å². The van der Waals surface area contributed by atoms with Gasteiger partial charge in [0, 0.05) is 11.9 Å². The van der Waals surface area contributed by atoms with Crippen molar-refractivity contribution in [2.24, 2.45) is 0 Å². The lowest BCUT2D eigenvalue weighted by Crippen LogP contribution is -2.21. The van der Waals surface area contributed by atoms with Gasteiger partial charge in [-0.05, 0) is 25.1 Å². The molecule has 0 aliphatic carbocycles. The zero-order valence-electron chi connectivity index (χ0n) is 8.41. The number of thioether (sulfide) groups is 1. The van der Waals surface area contributed by atoms with E-state index >= 15 is 0 Å². The van der Waals surface area contributed by atoms with Crippen LogP contribution in [0.4, 0.5) is 5.69 Å². The fraction of sp³-hybridized carbons (Fsp3) is 0.333. The SMILES string of the molecule is CC1Sc2ccc(P(=O)(O)O)cc2N1C. The standard InChI is InChI=1S/C9H12NO3PS/c1-6-10(2)8-5-7(14(11,12)13)3-4-9(8)15-6/h3-6H,1-2H3,(H2,11,12,13). The van der Waals surface area contributed by atoms with Gasteiger partial charge in [-0.3, -0.25) is 4.57 Å². The van der Waals surface area contributed by atoms with Crippen LogP contribution >= 0.6 is 19.4 Å². The van der Waals surface area contributed by atoms with Gasteiger partial charge in [-0.1, -0.05) is 11.8 Å². The minimum absolute atomic E-state index is 0.0859. The van der Waals surface area contributed by atoms with Gasteiger partial charge < -0.3 is 14.7 Å².